The van der Waals surface area contributed by atoms with E-state index >= 15 is 0 Å². The van der Waals surface area contributed by atoms with Gasteiger partial charge in [-0.25, -0.2) is 9.67 Å². The summed E-state index contributed by atoms with van der Waals surface area (Å²) in [6, 6.07) is 18.1. The van der Waals surface area contributed by atoms with Crippen molar-refractivity contribution in [3.05, 3.63) is 77.6 Å². The Hall–Kier alpha value is -3.33. The number of amides is 1. The number of nitrogens with zero attached hydrogens (tertiary/aromatic N) is 3. The van der Waals surface area contributed by atoms with Crippen molar-refractivity contribution in [2.45, 2.75) is 36.4 Å². The highest BCUT2D eigenvalue weighted by atomic mass is 32.2. The predicted octanol–water partition coefficient (Wildman–Crippen LogP) is 5.86. The summed E-state index contributed by atoms with van der Waals surface area (Å²) in [6.07, 6.45) is -4.54. The molecule has 0 aliphatic carbocycles. The number of aromatic nitrogens is 3. The van der Waals surface area contributed by atoms with Crippen LogP contribution in [0.4, 0.5) is 18.9 Å². The van der Waals surface area contributed by atoms with Crippen molar-refractivity contribution >= 4 is 34.4 Å². The van der Waals surface area contributed by atoms with Crippen LogP contribution in [0.1, 0.15) is 17.0 Å². The maximum Gasteiger partial charge on any atom is 0.417 e. The number of anilines is 1. The van der Waals surface area contributed by atoms with Gasteiger partial charge in [-0.3, -0.25) is 4.79 Å². The minimum absolute atomic E-state index is 0.0388. The van der Waals surface area contributed by atoms with Gasteiger partial charge in [0.1, 0.15) is 6.54 Å². The van der Waals surface area contributed by atoms with E-state index in [9.17, 15) is 18.0 Å². The lowest BCUT2D eigenvalue weighted by Crippen LogP contribution is -2.20. The minimum Gasteiger partial charge on any atom is -0.323 e. The van der Waals surface area contributed by atoms with Crippen molar-refractivity contribution in [2.75, 3.05) is 5.32 Å². The first-order chi connectivity index (χ1) is 15.2. The number of nitrogens with one attached hydrogen (secondary N) is 1. The molecule has 32 heavy (non-hydrogen) atoms. The van der Waals surface area contributed by atoms with Crippen LogP contribution in [0.25, 0.3) is 11.0 Å². The van der Waals surface area contributed by atoms with Crippen LogP contribution >= 0.6 is 11.8 Å². The molecule has 5 nitrogen and oxygen atoms in total. The first-order valence-electron chi connectivity index (χ1n) is 9.76. The maximum atomic E-state index is 13.5. The lowest BCUT2D eigenvalue weighted by molar-refractivity contribution is -0.136. The molecule has 0 fully saturated rings. The van der Waals surface area contributed by atoms with Crippen molar-refractivity contribution < 1.29 is 18.0 Å². The summed E-state index contributed by atoms with van der Waals surface area (Å²) in [7, 11) is 0. The molecular weight excluding hydrogens is 437 g/mol. The fourth-order valence-electron chi connectivity index (χ4n) is 3.41. The Morgan fingerprint density at radius 3 is 2.47 bits per heavy atom. The van der Waals surface area contributed by atoms with Gasteiger partial charge in [-0.05, 0) is 44.2 Å². The summed E-state index contributed by atoms with van der Waals surface area (Å²) >= 11 is 1.50. The van der Waals surface area contributed by atoms with E-state index in [1.165, 1.54) is 30.3 Å². The molecule has 2 aromatic carbocycles. The lowest BCUT2D eigenvalue weighted by Gasteiger charge is -2.12. The van der Waals surface area contributed by atoms with Gasteiger partial charge in [0.2, 0.25) is 5.91 Å². The van der Waals surface area contributed by atoms with Crippen LogP contribution < -0.4 is 5.32 Å². The average Bonchev–Trinajstić information content (AvgIpc) is 3.03. The predicted molar refractivity (Wildman–Crippen MR) is 118 cm³/mol. The molecule has 0 saturated carbocycles. The number of halogens is 3. The van der Waals surface area contributed by atoms with Crippen LogP contribution in [0.2, 0.25) is 0 Å². The topological polar surface area (TPSA) is 59.8 Å². The molecule has 0 unspecified atom stereocenters. The minimum atomic E-state index is -4.54. The highest BCUT2D eigenvalue weighted by Crippen LogP contribution is 2.36. The zero-order valence-corrected chi connectivity index (χ0v) is 18.1. The van der Waals surface area contributed by atoms with E-state index in [0.29, 0.717) is 5.69 Å². The first kappa shape index (κ1) is 21.9. The number of rotatable bonds is 5. The van der Waals surface area contributed by atoms with Gasteiger partial charge in [0.05, 0.1) is 22.3 Å². The van der Waals surface area contributed by atoms with Gasteiger partial charge in [0.25, 0.3) is 0 Å². The number of aryl methyl sites for hydroxylation is 2. The Balaban J connectivity index is 1.60. The third-order valence-electron chi connectivity index (χ3n) is 4.74. The molecule has 0 radical (unpaired) electrons. The van der Waals surface area contributed by atoms with Gasteiger partial charge in [0.15, 0.2) is 5.65 Å². The van der Waals surface area contributed by atoms with Crippen LogP contribution in [0.3, 0.4) is 0 Å². The summed E-state index contributed by atoms with van der Waals surface area (Å²) in [4.78, 5) is 18.9. The van der Waals surface area contributed by atoms with Gasteiger partial charge in [0, 0.05) is 15.5 Å². The summed E-state index contributed by atoms with van der Waals surface area (Å²) in [5.74, 6) is -0.410. The molecular formula is C23H19F3N4OS. The Morgan fingerprint density at radius 1 is 1.06 bits per heavy atom. The second-order valence-corrected chi connectivity index (χ2v) is 8.33. The van der Waals surface area contributed by atoms with E-state index in [2.05, 4.69) is 15.4 Å². The zero-order valence-electron chi connectivity index (χ0n) is 17.3. The molecule has 4 rings (SSSR count). The maximum absolute atomic E-state index is 13.5. The number of hydrogen-bond acceptors (Lipinski definition) is 4. The summed E-state index contributed by atoms with van der Waals surface area (Å²) in [5, 5.41) is 6.92. The standard InChI is InChI=1S/C23H19F3N4OS/c1-14-12-17(23(24,25)26)21-15(2)29-30(22(21)27-14)13-20(31)28-18-10-6-7-11-19(18)32-16-8-4-3-5-9-16/h3-12H,13H2,1-2H3,(H,28,31). The Morgan fingerprint density at radius 2 is 1.75 bits per heavy atom. The third kappa shape index (κ3) is 4.62. The number of carbonyl (C=O) groups is 1. The Kier molecular flexibility index (Phi) is 5.92. The van der Waals surface area contributed by atoms with Gasteiger partial charge in [-0.1, -0.05) is 42.1 Å². The molecule has 2 aromatic heterocycles. The molecule has 0 atom stereocenters. The smallest absolute Gasteiger partial charge is 0.323 e. The highest BCUT2D eigenvalue weighted by Gasteiger charge is 2.35. The lowest BCUT2D eigenvalue weighted by atomic mass is 10.1. The van der Waals surface area contributed by atoms with Gasteiger partial charge in [-0.2, -0.15) is 18.3 Å². The molecule has 0 aliphatic heterocycles. The van der Waals surface area contributed by atoms with Gasteiger partial charge < -0.3 is 5.32 Å². The molecule has 2 heterocycles. The van der Waals surface area contributed by atoms with Crippen molar-refractivity contribution in [1.82, 2.24) is 14.8 Å². The van der Waals surface area contributed by atoms with Crippen molar-refractivity contribution in [1.29, 1.82) is 0 Å². The summed E-state index contributed by atoms with van der Waals surface area (Å²) in [5.41, 5.74) is 0.231. The number of para-hydroxylation sites is 1. The van der Waals surface area contributed by atoms with Crippen molar-refractivity contribution in [3.8, 4) is 0 Å². The van der Waals surface area contributed by atoms with Gasteiger partial charge >= 0.3 is 6.18 Å². The van der Waals surface area contributed by atoms with Crippen LogP contribution in [-0.4, -0.2) is 20.7 Å². The Bertz CT molecular complexity index is 1290. The van der Waals surface area contributed by atoms with Crippen LogP contribution in [-0.2, 0) is 17.5 Å². The number of fused-ring (bicyclic) bond motifs is 1. The fraction of sp³-hybridized carbons (Fsp3) is 0.174. The molecule has 0 aliphatic rings. The van der Waals surface area contributed by atoms with Crippen LogP contribution in [0.5, 0.6) is 0 Å². The Labute approximate surface area is 186 Å². The van der Waals surface area contributed by atoms with E-state index in [-0.39, 0.29) is 29.0 Å². The summed E-state index contributed by atoms with van der Waals surface area (Å²) in [6.45, 7) is 2.70. The number of carbonyl (C=O) groups excluding carboxylic acids is 1. The molecule has 0 spiro atoms. The van der Waals surface area contributed by atoms with E-state index in [0.717, 1.165) is 15.9 Å². The average molecular weight is 456 g/mol. The van der Waals surface area contributed by atoms with Gasteiger partial charge in [-0.15, -0.1) is 0 Å². The largest absolute Gasteiger partial charge is 0.417 e. The number of alkyl halides is 3. The normalized spacial score (nSPS) is 11.7. The molecule has 1 amide bonds. The monoisotopic (exact) mass is 456 g/mol. The third-order valence-corrected chi connectivity index (χ3v) is 5.82. The van der Waals surface area contributed by atoms with Crippen molar-refractivity contribution in [3.63, 3.8) is 0 Å². The molecule has 9 heteroatoms. The van der Waals surface area contributed by atoms with Crippen molar-refractivity contribution in [2.24, 2.45) is 0 Å². The highest BCUT2D eigenvalue weighted by molar-refractivity contribution is 7.99. The van der Waals surface area contributed by atoms with E-state index in [1.54, 1.807) is 12.1 Å². The van der Waals surface area contributed by atoms with E-state index in [1.807, 2.05) is 42.5 Å². The fourth-order valence-corrected chi connectivity index (χ4v) is 4.34. The van der Waals surface area contributed by atoms with E-state index in [4.69, 9.17) is 0 Å². The molecule has 1 N–H and O–H groups in total. The first-order valence-corrected chi connectivity index (χ1v) is 10.6. The number of hydrogen-bond donors (Lipinski definition) is 1. The molecule has 0 bridgehead atoms. The second-order valence-electron chi connectivity index (χ2n) is 7.21. The number of benzene rings is 2. The number of pyridine rings is 1. The molecule has 4 aromatic rings. The quantitative estimate of drug-likeness (QED) is 0.409. The van der Waals surface area contributed by atoms with E-state index < -0.39 is 17.6 Å². The molecule has 164 valence electrons. The SMILES string of the molecule is Cc1cc(C(F)(F)F)c2c(C)nn(CC(=O)Nc3ccccc3Sc3ccccc3)c2n1. The summed E-state index contributed by atoms with van der Waals surface area (Å²) < 4.78 is 41.8. The zero-order chi connectivity index (χ0) is 22.9. The van der Waals surface area contributed by atoms with Crippen LogP contribution in [0.15, 0.2) is 70.5 Å². The second kappa shape index (κ2) is 8.66. The molecule has 0 saturated heterocycles. The van der Waals surface area contributed by atoms with Crippen LogP contribution in [0, 0.1) is 13.8 Å².